The Morgan fingerprint density at radius 2 is 1.34 bits per heavy atom. The van der Waals surface area contributed by atoms with Crippen molar-refractivity contribution in [2.45, 2.75) is 5.60 Å². The van der Waals surface area contributed by atoms with Crippen LogP contribution in [0.1, 0.15) is 27.0 Å². The zero-order chi connectivity index (χ0) is 24.7. The van der Waals surface area contributed by atoms with E-state index in [0.717, 1.165) is 0 Å². The van der Waals surface area contributed by atoms with Gasteiger partial charge in [-0.1, -0.05) is 72.8 Å². The maximum absolute atomic E-state index is 13.1. The number of ether oxygens (including phenoxy) is 1. The van der Waals surface area contributed by atoms with Gasteiger partial charge in [0.25, 0.3) is 5.91 Å². The molecule has 4 aromatic carbocycles. The maximum Gasteiger partial charge on any atom is 0.344 e. The molecule has 0 aromatic heterocycles. The van der Waals surface area contributed by atoms with Gasteiger partial charge in [-0.05, 0) is 69.0 Å². The molecule has 0 unspecified atom stereocenters. The number of hydrazone groups is 1. The lowest BCUT2D eigenvalue weighted by Crippen LogP contribution is -2.43. The molecule has 6 nitrogen and oxygen atoms in total. The first-order valence-electron chi connectivity index (χ1n) is 10.7. The lowest BCUT2D eigenvalue weighted by atomic mass is 9.85. The van der Waals surface area contributed by atoms with E-state index in [2.05, 4.69) is 26.5 Å². The number of benzene rings is 4. The van der Waals surface area contributed by atoms with E-state index >= 15 is 0 Å². The van der Waals surface area contributed by atoms with Crippen LogP contribution in [0.4, 0.5) is 0 Å². The van der Waals surface area contributed by atoms with Crippen LogP contribution in [0.25, 0.3) is 0 Å². The molecule has 0 saturated heterocycles. The molecule has 0 bridgehead atoms. The van der Waals surface area contributed by atoms with Gasteiger partial charge in [-0.2, -0.15) is 5.10 Å². The SMILES string of the molecule is O=C(Oc1ccc(C=NNC(=O)C(O)(c2ccccc2)c2ccccc2)cc1)c1ccccc1Br. The third-order valence-electron chi connectivity index (χ3n) is 5.28. The van der Waals surface area contributed by atoms with Crippen LogP contribution in [0, 0.1) is 0 Å². The molecule has 0 radical (unpaired) electrons. The van der Waals surface area contributed by atoms with E-state index in [4.69, 9.17) is 4.74 Å². The largest absolute Gasteiger partial charge is 0.423 e. The van der Waals surface area contributed by atoms with Gasteiger partial charge < -0.3 is 9.84 Å². The number of carbonyl (C=O) groups is 2. The maximum atomic E-state index is 13.1. The van der Waals surface area contributed by atoms with Gasteiger partial charge in [-0.15, -0.1) is 0 Å². The fraction of sp³-hybridized carbons (Fsp3) is 0.0357. The summed E-state index contributed by atoms with van der Waals surface area (Å²) in [4.78, 5) is 25.4. The van der Waals surface area contributed by atoms with E-state index in [1.54, 1.807) is 91.0 Å². The molecule has 7 heteroatoms. The molecule has 0 aliphatic carbocycles. The number of hydrogen-bond donors (Lipinski definition) is 2. The highest BCUT2D eigenvalue weighted by Crippen LogP contribution is 2.29. The second-order valence-electron chi connectivity index (χ2n) is 7.58. The molecule has 0 atom stereocenters. The highest BCUT2D eigenvalue weighted by molar-refractivity contribution is 9.10. The number of carbonyl (C=O) groups excluding carboxylic acids is 2. The Morgan fingerprint density at radius 3 is 1.91 bits per heavy atom. The van der Waals surface area contributed by atoms with Crippen LogP contribution in [0.15, 0.2) is 119 Å². The molecule has 0 saturated carbocycles. The summed E-state index contributed by atoms with van der Waals surface area (Å²) in [6, 6.07) is 31.0. The van der Waals surface area contributed by atoms with Crippen molar-refractivity contribution in [2.75, 3.05) is 0 Å². The Bertz CT molecular complexity index is 1300. The molecule has 1 amide bonds. The molecule has 2 N–H and O–H groups in total. The first-order valence-corrected chi connectivity index (χ1v) is 11.5. The van der Waals surface area contributed by atoms with Crippen LogP contribution in [-0.2, 0) is 10.4 Å². The minimum Gasteiger partial charge on any atom is -0.423 e. The number of amides is 1. The van der Waals surface area contributed by atoms with E-state index in [0.29, 0.717) is 32.5 Å². The van der Waals surface area contributed by atoms with Crippen LogP contribution < -0.4 is 10.2 Å². The summed E-state index contributed by atoms with van der Waals surface area (Å²) in [6.45, 7) is 0. The van der Waals surface area contributed by atoms with Gasteiger partial charge >= 0.3 is 5.97 Å². The van der Waals surface area contributed by atoms with E-state index in [1.807, 2.05) is 18.2 Å². The molecule has 0 heterocycles. The van der Waals surface area contributed by atoms with Crippen molar-refractivity contribution in [1.29, 1.82) is 0 Å². The second-order valence-corrected chi connectivity index (χ2v) is 8.43. The lowest BCUT2D eigenvalue weighted by molar-refractivity contribution is -0.136. The van der Waals surface area contributed by atoms with Crippen LogP contribution in [0.2, 0.25) is 0 Å². The van der Waals surface area contributed by atoms with E-state index < -0.39 is 17.5 Å². The standard InChI is InChI=1S/C28H21BrN2O4/c29-25-14-8-7-13-24(25)26(32)35-23-17-15-20(16-18-23)19-30-31-27(33)28(34,21-9-3-1-4-10-21)22-11-5-2-6-12-22/h1-19,34H,(H,31,33). The number of rotatable bonds is 7. The fourth-order valence-corrected chi connectivity index (χ4v) is 3.89. The van der Waals surface area contributed by atoms with Gasteiger partial charge in [0.05, 0.1) is 11.8 Å². The summed E-state index contributed by atoms with van der Waals surface area (Å²) in [6.07, 6.45) is 1.44. The monoisotopic (exact) mass is 528 g/mol. The Hall–Kier alpha value is -4.07. The Morgan fingerprint density at radius 1 is 0.800 bits per heavy atom. The van der Waals surface area contributed by atoms with Crippen LogP contribution in [0.5, 0.6) is 5.75 Å². The van der Waals surface area contributed by atoms with E-state index in [1.165, 1.54) is 6.21 Å². The minimum absolute atomic E-state index is 0.370. The summed E-state index contributed by atoms with van der Waals surface area (Å²) in [7, 11) is 0. The fourth-order valence-electron chi connectivity index (χ4n) is 3.44. The second kappa shape index (κ2) is 10.9. The smallest absolute Gasteiger partial charge is 0.344 e. The number of aliphatic hydroxyl groups is 1. The minimum atomic E-state index is -1.91. The Labute approximate surface area is 211 Å². The van der Waals surface area contributed by atoms with Gasteiger partial charge in [-0.25, -0.2) is 10.2 Å². The van der Waals surface area contributed by atoms with Gasteiger partial charge in [0.2, 0.25) is 0 Å². The number of halogens is 1. The average Bonchev–Trinajstić information content (AvgIpc) is 2.90. The summed E-state index contributed by atoms with van der Waals surface area (Å²) >= 11 is 3.33. The first kappa shape index (κ1) is 24.1. The zero-order valence-corrected chi connectivity index (χ0v) is 20.1. The third kappa shape index (κ3) is 5.54. The normalized spacial score (nSPS) is 11.3. The molecule has 0 fully saturated rings. The Balaban J connectivity index is 1.45. The molecule has 4 rings (SSSR count). The molecular formula is C28H21BrN2O4. The van der Waals surface area contributed by atoms with Crippen molar-refractivity contribution < 1.29 is 19.4 Å². The summed E-state index contributed by atoms with van der Waals surface area (Å²) in [5.74, 6) is -0.799. The predicted molar refractivity (Wildman–Crippen MR) is 137 cm³/mol. The lowest BCUT2D eigenvalue weighted by Gasteiger charge is -2.27. The Kier molecular flexibility index (Phi) is 7.50. The topological polar surface area (TPSA) is 88.0 Å². The molecule has 0 aliphatic heterocycles. The van der Waals surface area contributed by atoms with Crippen molar-refractivity contribution in [2.24, 2.45) is 5.10 Å². The molecule has 0 aliphatic rings. The molecule has 4 aromatic rings. The summed E-state index contributed by atoms with van der Waals surface area (Å²) in [5, 5.41) is 15.4. The first-order chi connectivity index (χ1) is 17.0. The number of nitrogens with one attached hydrogen (secondary N) is 1. The van der Waals surface area contributed by atoms with Crippen molar-refractivity contribution in [3.8, 4) is 5.75 Å². The number of esters is 1. The van der Waals surface area contributed by atoms with Crippen LogP contribution in [-0.4, -0.2) is 23.2 Å². The van der Waals surface area contributed by atoms with Crippen molar-refractivity contribution in [1.82, 2.24) is 5.43 Å². The van der Waals surface area contributed by atoms with Gasteiger partial charge in [0.1, 0.15) is 5.75 Å². The van der Waals surface area contributed by atoms with Gasteiger partial charge in [-0.3, -0.25) is 4.79 Å². The van der Waals surface area contributed by atoms with E-state index in [-0.39, 0.29) is 0 Å². The average molecular weight is 529 g/mol. The summed E-state index contributed by atoms with van der Waals surface area (Å²) in [5.41, 5.74) is 2.45. The highest BCUT2D eigenvalue weighted by atomic mass is 79.9. The molecular weight excluding hydrogens is 508 g/mol. The molecule has 0 spiro atoms. The van der Waals surface area contributed by atoms with Crippen LogP contribution in [0.3, 0.4) is 0 Å². The van der Waals surface area contributed by atoms with Crippen molar-refractivity contribution in [3.05, 3.63) is 136 Å². The summed E-state index contributed by atoms with van der Waals surface area (Å²) < 4.78 is 6.05. The number of hydrogen-bond acceptors (Lipinski definition) is 5. The third-order valence-corrected chi connectivity index (χ3v) is 5.97. The van der Waals surface area contributed by atoms with Crippen molar-refractivity contribution in [3.63, 3.8) is 0 Å². The van der Waals surface area contributed by atoms with Gasteiger partial charge in [0, 0.05) is 4.47 Å². The quantitative estimate of drug-likeness (QED) is 0.152. The van der Waals surface area contributed by atoms with Crippen LogP contribution >= 0.6 is 15.9 Å². The van der Waals surface area contributed by atoms with E-state index in [9.17, 15) is 14.7 Å². The molecule has 174 valence electrons. The zero-order valence-electron chi connectivity index (χ0n) is 18.5. The highest BCUT2D eigenvalue weighted by Gasteiger charge is 2.39. The van der Waals surface area contributed by atoms with Crippen molar-refractivity contribution >= 4 is 34.0 Å². The van der Waals surface area contributed by atoms with Gasteiger partial charge in [0.15, 0.2) is 5.60 Å². The predicted octanol–water partition coefficient (Wildman–Crippen LogP) is 5.05. The number of nitrogens with zero attached hydrogens (tertiary/aromatic N) is 1. The molecule has 35 heavy (non-hydrogen) atoms.